The minimum absolute atomic E-state index is 0.0489. The predicted molar refractivity (Wildman–Crippen MR) is 115 cm³/mol. The van der Waals surface area contributed by atoms with E-state index < -0.39 is 9.84 Å². The van der Waals surface area contributed by atoms with Crippen LogP contribution in [-0.2, 0) is 21.2 Å². The van der Waals surface area contributed by atoms with Crippen molar-refractivity contribution in [3.05, 3.63) is 59.1 Å². The van der Waals surface area contributed by atoms with E-state index in [-0.39, 0.29) is 33.1 Å². The lowest BCUT2D eigenvalue weighted by Crippen LogP contribution is -2.21. The summed E-state index contributed by atoms with van der Waals surface area (Å²) in [6, 6.07) is 13.1. The largest absolute Gasteiger partial charge is 0.383 e. The van der Waals surface area contributed by atoms with E-state index in [2.05, 4.69) is 10.4 Å². The predicted octanol–water partition coefficient (Wildman–Crippen LogP) is 3.62. The van der Waals surface area contributed by atoms with Crippen LogP contribution in [0.3, 0.4) is 0 Å². The number of anilines is 2. The van der Waals surface area contributed by atoms with Crippen molar-refractivity contribution in [3.63, 3.8) is 0 Å². The summed E-state index contributed by atoms with van der Waals surface area (Å²) < 4.78 is 27.4. The average molecular weight is 451 g/mol. The van der Waals surface area contributed by atoms with Crippen molar-refractivity contribution < 1.29 is 13.2 Å². The second-order valence-electron chi connectivity index (χ2n) is 6.20. The monoisotopic (exact) mass is 450 g/mol. The molecule has 1 amide bonds. The van der Waals surface area contributed by atoms with Crippen LogP contribution in [0.5, 0.6) is 0 Å². The SMILES string of the molecule is CSc1nn(CC(=O)Nc2ccccc2C)c(N)c1S(=O)(=O)c1ccc(Cl)cc1. The van der Waals surface area contributed by atoms with E-state index in [0.717, 1.165) is 17.3 Å². The third kappa shape index (κ3) is 4.42. The number of nitrogens with zero attached hydrogens (tertiary/aromatic N) is 2. The molecule has 0 aliphatic rings. The van der Waals surface area contributed by atoms with Gasteiger partial charge < -0.3 is 11.1 Å². The number of hydrogen-bond acceptors (Lipinski definition) is 6. The standard InChI is InChI=1S/C19H19ClN4O3S2/c1-12-5-3-4-6-15(12)22-16(25)11-24-18(21)17(19(23-24)28-2)29(26,27)14-9-7-13(20)8-10-14/h3-10H,11,21H2,1-2H3,(H,22,25). The van der Waals surface area contributed by atoms with Gasteiger partial charge in [0.05, 0.1) is 4.90 Å². The number of rotatable bonds is 6. The molecule has 0 bridgehead atoms. The van der Waals surface area contributed by atoms with Gasteiger partial charge in [0.25, 0.3) is 0 Å². The third-order valence-electron chi connectivity index (χ3n) is 4.22. The molecule has 1 heterocycles. The number of carbonyl (C=O) groups excluding carboxylic acids is 1. The van der Waals surface area contributed by atoms with Gasteiger partial charge in [-0.1, -0.05) is 29.8 Å². The molecule has 3 aromatic rings. The number of nitrogens with two attached hydrogens (primary N) is 1. The van der Waals surface area contributed by atoms with Gasteiger partial charge in [0, 0.05) is 10.7 Å². The second kappa shape index (κ2) is 8.48. The number of hydrogen-bond donors (Lipinski definition) is 2. The van der Waals surface area contributed by atoms with Crippen LogP contribution in [-0.4, -0.2) is 30.4 Å². The number of sulfone groups is 1. The molecule has 10 heteroatoms. The number of halogens is 1. The molecule has 29 heavy (non-hydrogen) atoms. The third-order valence-corrected chi connectivity index (χ3v) is 7.10. The van der Waals surface area contributed by atoms with E-state index in [0.29, 0.717) is 10.7 Å². The fraction of sp³-hybridized carbons (Fsp3) is 0.158. The maximum Gasteiger partial charge on any atom is 0.246 e. The topological polar surface area (TPSA) is 107 Å². The van der Waals surface area contributed by atoms with Crippen LogP contribution in [0.4, 0.5) is 11.5 Å². The van der Waals surface area contributed by atoms with Gasteiger partial charge in [0.2, 0.25) is 15.7 Å². The molecule has 0 fully saturated rings. The number of thioether (sulfide) groups is 1. The van der Waals surface area contributed by atoms with Gasteiger partial charge in [-0.05, 0) is 49.1 Å². The zero-order chi connectivity index (χ0) is 21.2. The summed E-state index contributed by atoms with van der Waals surface area (Å²) in [6.07, 6.45) is 1.69. The first kappa shape index (κ1) is 21.2. The number of benzene rings is 2. The van der Waals surface area contributed by atoms with Gasteiger partial charge in [-0.3, -0.25) is 4.79 Å². The summed E-state index contributed by atoms with van der Waals surface area (Å²) in [4.78, 5) is 12.4. The molecule has 2 aromatic carbocycles. The highest BCUT2D eigenvalue weighted by Gasteiger charge is 2.29. The number of aryl methyl sites for hydroxylation is 1. The Bertz CT molecular complexity index is 1160. The van der Waals surface area contributed by atoms with Gasteiger partial charge in [0.15, 0.2) is 0 Å². The molecule has 7 nitrogen and oxygen atoms in total. The van der Waals surface area contributed by atoms with Gasteiger partial charge in [-0.25, -0.2) is 13.1 Å². The van der Waals surface area contributed by atoms with Crippen LogP contribution in [0.25, 0.3) is 0 Å². The molecule has 3 rings (SSSR count). The van der Waals surface area contributed by atoms with Crippen LogP contribution >= 0.6 is 23.4 Å². The minimum Gasteiger partial charge on any atom is -0.383 e. The summed E-state index contributed by atoms with van der Waals surface area (Å²) in [5, 5.41) is 7.66. The Kier molecular flexibility index (Phi) is 6.21. The smallest absolute Gasteiger partial charge is 0.246 e. The molecule has 1 aromatic heterocycles. The Hall–Kier alpha value is -2.49. The molecule has 0 radical (unpaired) electrons. The molecule has 0 atom stereocenters. The molecular formula is C19H19ClN4O3S2. The molecule has 0 saturated heterocycles. The van der Waals surface area contributed by atoms with Crippen molar-refractivity contribution in [2.45, 2.75) is 28.3 Å². The maximum atomic E-state index is 13.1. The number of aromatic nitrogens is 2. The first-order valence-electron chi connectivity index (χ1n) is 8.50. The Morgan fingerprint density at radius 1 is 1.21 bits per heavy atom. The highest BCUT2D eigenvalue weighted by molar-refractivity contribution is 7.99. The number of para-hydroxylation sites is 1. The zero-order valence-corrected chi connectivity index (χ0v) is 18.1. The molecule has 152 valence electrons. The second-order valence-corrected chi connectivity index (χ2v) is 9.32. The summed E-state index contributed by atoms with van der Waals surface area (Å²) in [5.41, 5.74) is 7.68. The van der Waals surface area contributed by atoms with E-state index in [1.807, 2.05) is 25.1 Å². The van der Waals surface area contributed by atoms with Crippen molar-refractivity contribution in [3.8, 4) is 0 Å². The lowest BCUT2D eigenvalue weighted by Gasteiger charge is -2.09. The molecule has 0 aliphatic heterocycles. The van der Waals surface area contributed by atoms with Gasteiger partial charge in [-0.15, -0.1) is 11.8 Å². The van der Waals surface area contributed by atoms with Crippen LogP contribution < -0.4 is 11.1 Å². The highest BCUT2D eigenvalue weighted by Crippen LogP contribution is 2.34. The summed E-state index contributed by atoms with van der Waals surface area (Å²) in [6.45, 7) is 1.66. The Balaban J connectivity index is 1.93. The van der Waals surface area contributed by atoms with Crippen molar-refractivity contribution in [1.29, 1.82) is 0 Å². The summed E-state index contributed by atoms with van der Waals surface area (Å²) in [5.74, 6) is -0.458. The molecule has 0 spiro atoms. The fourth-order valence-electron chi connectivity index (χ4n) is 2.71. The number of carbonyl (C=O) groups is 1. The quantitative estimate of drug-likeness (QED) is 0.555. The molecular weight excluding hydrogens is 432 g/mol. The molecule has 0 saturated carbocycles. The van der Waals surface area contributed by atoms with E-state index in [9.17, 15) is 13.2 Å². The van der Waals surface area contributed by atoms with Crippen LogP contribution in [0.15, 0.2) is 63.3 Å². The maximum absolute atomic E-state index is 13.1. The van der Waals surface area contributed by atoms with Crippen molar-refractivity contribution in [1.82, 2.24) is 9.78 Å². The number of nitrogens with one attached hydrogen (secondary N) is 1. The van der Waals surface area contributed by atoms with Crippen LogP contribution in [0, 0.1) is 6.92 Å². The summed E-state index contributed by atoms with van der Waals surface area (Å²) >= 11 is 6.99. The van der Waals surface area contributed by atoms with E-state index in [1.165, 1.54) is 28.9 Å². The van der Waals surface area contributed by atoms with Gasteiger partial charge in [-0.2, -0.15) is 5.10 Å². The van der Waals surface area contributed by atoms with Crippen molar-refractivity contribution in [2.75, 3.05) is 17.3 Å². The fourth-order valence-corrected chi connectivity index (χ4v) is 5.27. The lowest BCUT2D eigenvalue weighted by molar-refractivity contribution is -0.116. The van der Waals surface area contributed by atoms with Crippen molar-refractivity contribution >= 4 is 50.6 Å². The van der Waals surface area contributed by atoms with Crippen molar-refractivity contribution in [2.24, 2.45) is 0 Å². The molecule has 0 unspecified atom stereocenters. The molecule has 0 aliphatic carbocycles. The lowest BCUT2D eigenvalue weighted by atomic mass is 10.2. The molecule has 3 N–H and O–H groups in total. The Labute approximate surface area is 178 Å². The van der Waals surface area contributed by atoms with Gasteiger partial charge >= 0.3 is 0 Å². The van der Waals surface area contributed by atoms with E-state index in [1.54, 1.807) is 12.3 Å². The van der Waals surface area contributed by atoms with E-state index in [4.69, 9.17) is 17.3 Å². The number of nitrogen functional groups attached to an aromatic ring is 1. The van der Waals surface area contributed by atoms with Crippen LogP contribution in [0.1, 0.15) is 5.56 Å². The number of amides is 1. The average Bonchev–Trinajstić information content (AvgIpc) is 3.00. The summed E-state index contributed by atoms with van der Waals surface area (Å²) in [7, 11) is -3.93. The van der Waals surface area contributed by atoms with E-state index >= 15 is 0 Å². The van der Waals surface area contributed by atoms with Crippen LogP contribution in [0.2, 0.25) is 5.02 Å². The van der Waals surface area contributed by atoms with Gasteiger partial charge in [0.1, 0.15) is 22.3 Å². The first-order valence-corrected chi connectivity index (χ1v) is 11.6. The highest BCUT2D eigenvalue weighted by atomic mass is 35.5. The Morgan fingerprint density at radius 2 is 1.86 bits per heavy atom. The minimum atomic E-state index is -3.93. The first-order chi connectivity index (χ1) is 13.7. The normalized spacial score (nSPS) is 11.4. The zero-order valence-electron chi connectivity index (χ0n) is 15.7. The Morgan fingerprint density at radius 3 is 2.48 bits per heavy atom.